The zero-order chi connectivity index (χ0) is 22.9. The molecule has 0 spiro atoms. The van der Waals surface area contributed by atoms with E-state index in [0.29, 0.717) is 12.5 Å². The van der Waals surface area contributed by atoms with Crippen LogP contribution in [0.4, 0.5) is 0 Å². The minimum absolute atomic E-state index is 0.151. The molecule has 4 aromatic carbocycles. The molecule has 168 valence electrons. The number of hydrogen-bond donors (Lipinski definition) is 0. The van der Waals surface area contributed by atoms with Crippen LogP contribution in [0.3, 0.4) is 0 Å². The van der Waals surface area contributed by atoms with Gasteiger partial charge < -0.3 is 9.64 Å². The van der Waals surface area contributed by atoms with Crippen LogP contribution in [0, 0.1) is 5.92 Å². The Morgan fingerprint density at radius 3 is 2.21 bits per heavy atom. The van der Waals surface area contributed by atoms with Crippen LogP contribution in [0.25, 0.3) is 32.7 Å². The lowest BCUT2D eigenvalue weighted by Gasteiger charge is -2.27. The number of fused-ring (bicyclic) bond motifs is 7. The molecule has 0 N–H and O–H groups in total. The first-order valence-electron chi connectivity index (χ1n) is 11.9. The third-order valence-corrected chi connectivity index (χ3v) is 7.04. The zero-order valence-electron chi connectivity index (χ0n) is 20.0. The van der Waals surface area contributed by atoms with E-state index < -0.39 is 0 Å². The van der Waals surface area contributed by atoms with Crippen molar-refractivity contribution in [1.29, 1.82) is 0 Å². The van der Waals surface area contributed by atoms with E-state index in [9.17, 15) is 0 Å². The fraction of sp³-hybridized carbons (Fsp3) is 0.300. The molecule has 1 heterocycles. The van der Waals surface area contributed by atoms with Crippen molar-refractivity contribution < 1.29 is 4.74 Å². The average Bonchev–Trinajstić information content (AvgIpc) is 2.96. The van der Waals surface area contributed by atoms with Crippen molar-refractivity contribution in [2.24, 2.45) is 10.9 Å². The van der Waals surface area contributed by atoms with Gasteiger partial charge in [-0.2, -0.15) is 0 Å². The summed E-state index contributed by atoms with van der Waals surface area (Å²) in [6.07, 6.45) is 2.07. The maximum atomic E-state index is 5.43. The molecular weight excluding hydrogens is 404 g/mol. The summed E-state index contributed by atoms with van der Waals surface area (Å²) in [6.45, 7) is 8.17. The van der Waals surface area contributed by atoms with E-state index in [0.717, 1.165) is 6.54 Å². The maximum Gasteiger partial charge on any atom is 0.0862 e. The van der Waals surface area contributed by atoms with E-state index in [4.69, 9.17) is 9.73 Å². The molecule has 33 heavy (non-hydrogen) atoms. The fourth-order valence-electron chi connectivity index (χ4n) is 5.06. The first kappa shape index (κ1) is 21.7. The molecule has 0 fully saturated rings. The van der Waals surface area contributed by atoms with Gasteiger partial charge in [0.25, 0.3) is 0 Å². The summed E-state index contributed by atoms with van der Waals surface area (Å²) in [5.74, 6) is 0.427. The molecule has 0 radical (unpaired) electrons. The summed E-state index contributed by atoms with van der Waals surface area (Å²) in [4.78, 5) is 7.36. The summed E-state index contributed by atoms with van der Waals surface area (Å²) in [5, 5.41) is 5.20. The molecule has 0 saturated heterocycles. The Hall–Kier alpha value is -3.17. The van der Waals surface area contributed by atoms with Crippen LogP contribution < -0.4 is 0 Å². The smallest absolute Gasteiger partial charge is 0.0862 e. The summed E-state index contributed by atoms with van der Waals surface area (Å²) in [7, 11) is 1.75. The second kappa shape index (κ2) is 8.99. The number of rotatable bonds is 5. The normalized spacial score (nSPS) is 16.9. The third kappa shape index (κ3) is 3.91. The van der Waals surface area contributed by atoms with Crippen molar-refractivity contribution in [3.63, 3.8) is 0 Å². The van der Waals surface area contributed by atoms with Crippen LogP contribution in [0.2, 0.25) is 0 Å². The number of aliphatic imine (C=N–C) groups is 1. The largest absolute Gasteiger partial charge is 0.382 e. The van der Waals surface area contributed by atoms with Crippen LogP contribution in [-0.4, -0.2) is 31.0 Å². The predicted molar refractivity (Wildman–Crippen MR) is 140 cm³/mol. The van der Waals surface area contributed by atoms with E-state index in [1.54, 1.807) is 7.11 Å². The standard InChI is InChI=1S/C30H32N2O/c1-20(2)28(18-33-4)31-19-32-17-24-14-13-22-9-5-7-11-26(22)29(24)30-25(21(32)3)16-15-23-10-6-8-12-27(23)30/h5-16,19-21,28H,17-18H2,1-4H3/t21-,28-/m0/s1. The highest BCUT2D eigenvalue weighted by Crippen LogP contribution is 2.45. The monoisotopic (exact) mass is 436 g/mol. The Kier molecular flexibility index (Phi) is 5.90. The maximum absolute atomic E-state index is 5.43. The van der Waals surface area contributed by atoms with E-state index in [1.807, 2.05) is 0 Å². The van der Waals surface area contributed by atoms with Gasteiger partial charge in [-0.25, -0.2) is 0 Å². The van der Waals surface area contributed by atoms with Gasteiger partial charge >= 0.3 is 0 Å². The molecule has 0 unspecified atom stereocenters. The van der Waals surface area contributed by atoms with E-state index in [2.05, 4.69) is 105 Å². The van der Waals surface area contributed by atoms with E-state index in [1.165, 1.54) is 43.8 Å². The zero-order valence-corrected chi connectivity index (χ0v) is 20.0. The number of methoxy groups -OCH3 is 1. The summed E-state index contributed by atoms with van der Waals surface area (Å²) in [6, 6.07) is 27.0. The van der Waals surface area contributed by atoms with Crippen LogP contribution in [0.5, 0.6) is 0 Å². The van der Waals surface area contributed by atoms with Crippen molar-refractivity contribution in [2.45, 2.75) is 39.4 Å². The number of benzene rings is 4. The van der Waals surface area contributed by atoms with Crippen LogP contribution in [-0.2, 0) is 11.3 Å². The number of ether oxygens (including phenoxy) is 1. The number of nitrogens with zero attached hydrogens (tertiary/aromatic N) is 2. The summed E-state index contributed by atoms with van der Waals surface area (Å²) in [5.41, 5.74) is 5.42. The topological polar surface area (TPSA) is 24.8 Å². The quantitative estimate of drug-likeness (QED) is 0.243. The lowest BCUT2D eigenvalue weighted by Crippen LogP contribution is -2.27. The minimum Gasteiger partial charge on any atom is -0.382 e. The molecule has 1 aliphatic rings. The molecule has 1 aliphatic heterocycles. The Labute approximate surface area is 196 Å². The molecule has 3 heteroatoms. The van der Waals surface area contributed by atoms with Gasteiger partial charge in [-0.15, -0.1) is 0 Å². The van der Waals surface area contributed by atoms with Crippen molar-refractivity contribution in [3.8, 4) is 11.1 Å². The van der Waals surface area contributed by atoms with Crippen molar-refractivity contribution in [3.05, 3.63) is 83.9 Å². The highest BCUT2D eigenvalue weighted by Gasteiger charge is 2.27. The van der Waals surface area contributed by atoms with Gasteiger partial charge in [0, 0.05) is 13.7 Å². The Morgan fingerprint density at radius 1 is 0.909 bits per heavy atom. The second-order valence-corrected chi connectivity index (χ2v) is 9.45. The lowest BCUT2D eigenvalue weighted by atomic mass is 9.87. The molecule has 0 aromatic heterocycles. The van der Waals surface area contributed by atoms with Crippen LogP contribution in [0.15, 0.2) is 77.8 Å². The molecule has 0 saturated carbocycles. The van der Waals surface area contributed by atoms with E-state index >= 15 is 0 Å². The third-order valence-electron chi connectivity index (χ3n) is 7.04. The van der Waals surface area contributed by atoms with Crippen molar-refractivity contribution >= 4 is 27.9 Å². The van der Waals surface area contributed by atoms with Crippen LogP contribution in [0.1, 0.15) is 37.9 Å². The van der Waals surface area contributed by atoms with Gasteiger partial charge in [0.2, 0.25) is 0 Å². The molecule has 0 amide bonds. The van der Waals surface area contributed by atoms with Gasteiger partial charge in [-0.05, 0) is 56.6 Å². The SMILES string of the molecule is COC[C@H](N=CN1Cc2ccc3ccccc3c2-c2c(ccc3ccccc23)[C@@H]1C)C(C)C. The van der Waals surface area contributed by atoms with Crippen molar-refractivity contribution in [1.82, 2.24) is 4.90 Å². The average molecular weight is 437 g/mol. The Balaban J connectivity index is 1.74. The fourth-order valence-corrected chi connectivity index (χ4v) is 5.06. The Bertz CT molecular complexity index is 1320. The lowest BCUT2D eigenvalue weighted by molar-refractivity contribution is 0.164. The predicted octanol–water partition coefficient (Wildman–Crippen LogP) is 7.24. The molecular formula is C30H32N2O. The summed E-state index contributed by atoms with van der Waals surface area (Å²) < 4.78 is 5.43. The minimum atomic E-state index is 0.151. The molecule has 0 bridgehead atoms. The highest BCUT2D eigenvalue weighted by atomic mass is 16.5. The van der Waals surface area contributed by atoms with Gasteiger partial charge in [-0.3, -0.25) is 4.99 Å². The van der Waals surface area contributed by atoms with Gasteiger partial charge in [0.1, 0.15) is 0 Å². The van der Waals surface area contributed by atoms with Gasteiger partial charge in [0.05, 0.1) is 25.0 Å². The van der Waals surface area contributed by atoms with Gasteiger partial charge in [-0.1, -0.05) is 86.6 Å². The highest BCUT2D eigenvalue weighted by molar-refractivity contribution is 6.08. The van der Waals surface area contributed by atoms with Crippen LogP contribution >= 0.6 is 0 Å². The summed E-state index contributed by atoms with van der Waals surface area (Å²) >= 11 is 0. The van der Waals surface area contributed by atoms with Gasteiger partial charge in [0.15, 0.2) is 0 Å². The van der Waals surface area contributed by atoms with E-state index in [-0.39, 0.29) is 12.1 Å². The first-order valence-corrected chi connectivity index (χ1v) is 11.9. The molecule has 4 aromatic rings. The Morgan fingerprint density at radius 2 is 1.55 bits per heavy atom. The second-order valence-electron chi connectivity index (χ2n) is 9.45. The number of hydrogen-bond acceptors (Lipinski definition) is 2. The molecule has 5 rings (SSSR count). The first-order chi connectivity index (χ1) is 16.1. The molecule has 2 atom stereocenters. The van der Waals surface area contributed by atoms with Crippen molar-refractivity contribution in [2.75, 3.05) is 13.7 Å². The molecule has 0 aliphatic carbocycles. The molecule has 3 nitrogen and oxygen atoms in total.